The number of nitrogens with one attached hydrogen (secondary N) is 2. The molecule has 2 aromatic rings. The van der Waals surface area contributed by atoms with Gasteiger partial charge < -0.3 is 20.8 Å². The van der Waals surface area contributed by atoms with E-state index in [4.69, 9.17) is 0 Å². The summed E-state index contributed by atoms with van der Waals surface area (Å²) in [6, 6.07) is 6.54. The normalized spacial score (nSPS) is 21.3. The summed E-state index contributed by atoms with van der Waals surface area (Å²) in [7, 11) is 0. The van der Waals surface area contributed by atoms with Gasteiger partial charge in [-0.2, -0.15) is 13.2 Å². The zero-order valence-corrected chi connectivity index (χ0v) is 15.0. The molecule has 1 aliphatic heterocycles. The number of rotatable bonds is 2. The van der Waals surface area contributed by atoms with Crippen LogP contribution in [0.4, 0.5) is 13.2 Å². The number of phenols is 2. The van der Waals surface area contributed by atoms with E-state index in [0.29, 0.717) is 22.3 Å². The molecular formula is C20H17F3N2O4. The van der Waals surface area contributed by atoms with E-state index in [2.05, 4.69) is 5.32 Å². The van der Waals surface area contributed by atoms with E-state index in [1.807, 2.05) is 5.32 Å². The lowest BCUT2D eigenvalue weighted by atomic mass is 9.92. The summed E-state index contributed by atoms with van der Waals surface area (Å²) in [5, 5.41) is 24.2. The second-order valence-electron chi connectivity index (χ2n) is 7.22. The van der Waals surface area contributed by atoms with Crippen molar-refractivity contribution in [2.75, 3.05) is 0 Å². The van der Waals surface area contributed by atoms with Crippen molar-refractivity contribution in [2.24, 2.45) is 5.92 Å². The Labute approximate surface area is 163 Å². The lowest BCUT2D eigenvalue weighted by Gasteiger charge is -2.30. The molecule has 4 N–H and O–H groups in total. The minimum Gasteiger partial charge on any atom is -0.508 e. The van der Waals surface area contributed by atoms with Crippen LogP contribution in [0.25, 0.3) is 11.1 Å². The molecule has 0 spiro atoms. The summed E-state index contributed by atoms with van der Waals surface area (Å²) in [5.41, 5.74) is 2.54. The molecule has 0 bridgehead atoms. The third kappa shape index (κ3) is 3.37. The zero-order valence-electron chi connectivity index (χ0n) is 15.0. The van der Waals surface area contributed by atoms with E-state index < -0.39 is 36.0 Å². The lowest BCUT2D eigenvalue weighted by Crippen LogP contribution is -2.54. The highest BCUT2D eigenvalue weighted by molar-refractivity contribution is 6.01. The number of aromatic hydroxyl groups is 2. The van der Waals surface area contributed by atoms with Crippen LogP contribution in [-0.2, 0) is 9.59 Å². The molecule has 2 aliphatic rings. The number of phenolic OH excluding ortho intramolecular Hbond substituents is 2. The van der Waals surface area contributed by atoms with E-state index >= 15 is 0 Å². The summed E-state index contributed by atoms with van der Waals surface area (Å²) >= 11 is 0. The number of amides is 2. The summed E-state index contributed by atoms with van der Waals surface area (Å²) in [5.74, 6) is -2.83. The standard InChI is InChI=1S/C20H17F3N2O4/c21-20(22,23)16-6-5-13(18(28)24-16)19(29)25-17-11-3-1-9(26)7-14(11)15-8-10(27)2-4-12(15)17/h1-4,7-8,13,16-17,26-27H,5-6H2,(H,24,28)(H,25,29). The SMILES string of the molecule is O=C(NC1c2ccc(O)cc2-c2cc(O)ccc21)C1CCC(C(F)(F)F)NC1=O. The molecule has 1 heterocycles. The first-order chi connectivity index (χ1) is 13.6. The Kier molecular flexibility index (Phi) is 4.40. The van der Waals surface area contributed by atoms with Crippen molar-refractivity contribution in [3.8, 4) is 22.6 Å². The highest BCUT2D eigenvalue weighted by Crippen LogP contribution is 2.46. The third-order valence-corrected chi connectivity index (χ3v) is 5.36. The number of piperidine rings is 1. The minimum absolute atomic E-state index is 0.00914. The molecular weight excluding hydrogens is 389 g/mol. The van der Waals surface area contributed by atoms with Gasteiger partial charge in [-0.25, -0.2) is 0 Å². The summed E-state index contributed by atoms with van der Waals surface area (Å²) in [4.78, 5) is 24.8. The number of carbonyl (C=O) groups excluding carboxylic acids is 2. The first-order valence-corrected chi connectivity index (χ1v) is 8.99. The minimum atomic E-state index is -4.55. The summed E-state index contributed by atoms with van der Waals surface area (Å²) in [6.07, 6.45) is -5.13. The van der Waals surface area contributed by atoms with Gasteiger partial charge in [-0.15, -0.1) is 0 Å². The van der Waals surface area contributed by atoms with E-state index in [0.717, 1.165) is 0 Å². The van der Waals surface area contributed by atoms with Crippen LogP contribution in [0.5, 0.6) is 11.5 Å². The maximum atomic E-state index is 12.8. The van der Waals surface area contributed by atoms with E-state index in [9.17, 15) is 33.0 Å². The zero-order chi connectivity index (χ0) is 20.9. The first-order valence-electron chi connectivity index (χ1n) is 8.99. The molecule has 4 rings (SSSR count). The van der Waals surface area contributed by atoms with Crippen LogP contribution in [0.2, 0.25) is 0 Å². The second kappa shape index (κ2) is 6.68. The molecule has 2 unspecified atom stereocenters. The van der Waals surface area contributed by atoms with Crippen LogP contribution in [0.3, 0.4) is 0 Å². The Bertz CT molecular complexity index is 954. The van der Waals surface area contributed by atoms with Crippen molar-refractivity contribution in [3.63, 3.8) is 0 Å². The molecule has 9 heteroatoms. The number of benzene rings is 2. The lowest BCUT2D eigenvalue weighted by molar-refractivity contribution is -0.171. The predicted octanol–water partition coefficient (Wildman–Crippen LogP) is 2.74. The van der Waals surface area contributed by atoms with Crippen LogP contribution in [0.15, 0.2) is 36.4 Å². The van der Waals surface area contributed by atoms with Gasteiger partial charge in [-0.3, -0.25) is 9.59 Å². The maximum absolute atomic E-state index is 12.8. The molecule has 0 radical (unpaired) electrons. The quantitative estimate of drug-likeness (QED) is 0.577. The number of carbonyl (C=O) groups is 2. The number of halogens is 3. The molecule has 1 aliphatic carbocycles. The van der Waals surface area contributed by atoms with E-state index in [-0.39, 0.29) is 24.3 Å². The third-order valence-electron chi connectivity index (χ3n) is 5.36. The van der Waals surface area contributed by atoms with Crippen molar-refractivity contribution < 1.29 is 33.0 Å². The smallest absolute Gasteiger partial charge is 0.408 e. The van der Waals surface area contributed by atoms with Crippen molar-refractivity contribution in [1.29, 1.82) is 0 Å². The number of fused-ring (bicyclic) bond motifs is 3. The van der Waals surface area contributed by atoms with Gasteiger partial charge in [0.25, 0.3) is 0 Å². The summed E-state index contributed by atoms with van der Waals surface area (Å²) in [6.45, 7) is 0. The molecule has 1 saturated heterocycles. The van der Waals surface area contributed by atoms with E-state index in [1.165, 1.54) is 24.3 Å². The van der Waals surface area contributed by atoms with Crippen LogP contribution >= 0.6 is 0 Å². The molecule has 2 aromatic carbocycles. The van der Waals surface area contributed by atoms with Gasteiger partial charge in [0, 0.05) is 0 Å². The molecule has 152 valence electrons. The fourth-order valence-electron chi connectivity index (χ4n) is 3.93. The van der Waals surface area contributed by atoms with Gasteiger partial charge in [-0.1, -0.05) is 12.1 Å². The maximum Gasteiger partial charge on any atom is 0.408 e. The van der Waals surface area contributed by atoms with Crippen molar-refractivity contribution in [1.82, 2.24) is 10.6 Å². The monoisotopic (exact) mass is 406 g/mol. The molecule has 29 heavy (non-hydrogen) atoms. The van der Waals surface area contributed by atoms with Gasteiger partial charge in [0.15, 0.2) is 0 Å². The van der Waals surface area contributed by atoms with Gasteiger partial charge >= 0.3 is 6.18 Å². The summed E-state index contributed by atoms with van der Waals surface area (Å²) < 4.78 is 38.4. The predicted molar refractivity (Wildman–Crippen MR) is 95.9 cm³/mol. The topological polar surface area (TPSA) is 98.7 Å². The Morgan fingerprint density at radius 1 is 1.00 bits per heavy atom. The number of alkyl halides is 3. The van der Waals surface area contributed by atoms with Gasteiger partial charge in [0.1, 0.15) is 23.5 Å². The average molecular weight is 406 g/mol. The van der Waals surface area contributed by atoms with Gasteiger partial charge in [-0.05, 0) is 59.4 Å². The fourth-order valence-corrected chi connectivity index (χ4v) is 3.93. The number of hydrogen-bond acceptors (Lipinski definition) is 4. The molecule has 0 saturated carbocycles. The van der Waals surface area contributed by atoms with Crippen LogP contribution in [0.1, 0.15) is 30.0 Å². The van der Waals surface area contributed by atoms with E-state index in [1.54, 1.807) is 12.1 Å². The Hall–Kier alpha value is -3.23. The Morgan fingerprint density at radius 3 is 2.03 bits per heavy atom. The second-order valence-corrected chi connectivity index (χ2v) is 7.22. The van der Waals surface area contributed by atoms with Crippen LogP contribution in [0, 0.1) is 5.92 Å². The van der Waals surface area contributed by atoms with Gasteiger partial charge in [0.05, 0.1) is 6.04 Å². The first kappa shape index (κ1) is 19.1. The van der Waals surface area contributed by atoms with Crippen molar-refractivity contribution in [2.45, 2.75) is 31.1 Å². The fraction of sp³-hybridized carbons (Fsp3) is 0.300. The molecule has 0 aromatic heterocycles. The van der Waals surface area contributed by atoms with Crippen LogP contribution in [-0.4, -0.2) is 34.2 Å². The van der Waals surface area contributed by atoms with Crippen molar-refractivity contribution >= 4 is 11.8 Å². The Balaban J connectivity index is 1.59. The highest BCUT2D eigenvalue weighted by Gasteiger charge is 2.46. The molecule has 2 amide bonds. The molecule has 2 atom stereocenters. The average Bonchev–Trinajstić information content (AvgIpc) is 2.93. The largest absolute Gasteiger partial charge is 0.508 e. The Morgan fingerprint density at radius 2 is 1.55 bits per heavy atom. The van der Waals surface area contributed by atoms with Crippen LogP contribution < -0.4 is 10.6 Å². The number of hydrogen-bond donors (Lipinski definition) is 4. The van der Waals surface area contributed by atoms with Gasteiger partial charge in [0.2, 0.25) is 11.8 Å². The van der Waals surface area contributed by atoms with Crippen molar-refractivity contribution in [3.05, 3.63) is 47.5 Å². The highest BCUT2D eigenvalue weighted by atomic mass is 19.4. The molecule has 1 fully saturated rings. The molecule has 6 nitrogen and oxygen atoms in total.